The highest BCUT2D eigenvalue weighted by Gasteiger charge is 2.28. The predicted molar refractivity (Wildman–Crippen MR) is 150 cm³/mol. The Morgan fingerprint density at radius 2 is 1.89 bits per heavy atom. The fraction of sp³-hybridized carbons (Fsp3) is 0.542. The van der Waals surface area contributed by atoms with Crippen LogP contribution in [0.1, 0.15) is 66.1 Å². The number of aliphatic imine (C=N–C) groups is 1. The number of nitrogens with two attached hydrogens (primary N) is 2. The van der Waals surface area contributed by atoms with Crippen LogP contribution in [0.3, 0.4) is 0 Å². The number of carbonyl (C=O) groups is 2. The summed E-state index contributed by atoms with van der Waals surface area (Å²) in [6.07, 6.45) is 4.87. The van der Waals surface area contributed by atoms with Gasteiger partial charge in [0.2, 0.25) is 5.91 Å². The van der Waals surface area contributed by atoms with Crippen LogP contribution in [0.4, 0.5) is 0 Å². The fourth-order valence-corrected chi connectivity index (χ4v) is 5.43. The third-order valence-corrected chi connectivity index (χ3v) is 7.79. The Labute approximate surface area is 230 Å². The van der Waals surface area contributed by atoms with Crippen LogP contribution in [0.15, 0.2) is 16.6 Å². The minimum atomic E-state index is -0.246. The van der Waals surface area contributed by atoms with Crippen molar-refractivity contribution in [1.82, 2.24) is 35.6 Å². The Morgan fingerprint density at radius 3 is 2.58 bits per heavy atom. The van der Waals surface area contributed by atoms with Crippen LogP contribution in [0.25, 0.3) is 10.7 Å². The average Bonchev–Trinajstić information content (AvgIpc) is 3.59. The van der Waals surface area contributed by atoms with Crippen LogP contribution >= 0.6 is 22.7 Å². The standard InChI is InChI=1S/C24H36N10O2S2/c1-24(2,3)20-19(21(36)28-10-5-6-11-29-23(25)26)31-22(38-20)16-14-37-18(30-16)9-12-27-17(35)8-7-15-13-34(4)33-32-15/h13-14H,5-12H2,1-4H3,(H,27,35)(H,28,36)(H4,25,26,29). The minimum absolute atomic E-state index is 0.0333. The zero-order valence-electron chi connectivity index (χ0n) is 22.3. The van der Waals surface area contributed by atoms with Gasteiger partial charge in [-0.2, -0.15) is 0 Å². The van der Waals surface area contributed by atoms with E-state index in [0.29, 0.717) is 49.6 Å². The van der Waals surface area contributed by atoms with Gasteiger partial charge in [-0.1, -0.05) is 26.0 Å². The summed E-state index contributed by atoms with van der Waals surface area (Å²) < 4.78 is 1.62. The van der Waals surface area contributed by atoms with Gasteiger partial charge in [0, 0.05) is 62.4 Å². The van der Waals surface area contributed by atoms with Crippen molar-refractivity contribution in [3.63, 3.8) is 0 Å². The highest BCUT2D eigenvalue weighted by atomic mass is 32.1. The van der Waals surface area contributed by atoms with E-state index in [4.69, 9.17) is 16.5 Å². The second-order valence-electron chi connectivity index (χ2n) is 9.83. The molecule has 2 amide bonds. The smallest absolute Gasteiger partial charge is 0.271 e. The van der Waals surface area contributed by atoms with E-state index in [-0.39, 0.29) is 23.2 Å². The number of carbonyl (C=O) groups excluding carboxylic acids is 2. The normalized spacial score (nSPS) is 11.4. The van der Waals surface area contributed by atoms with E-state index in [1.165, 1.54) is 22.7 Å². The summed E-state index contributed by atoms with van der Waals surface area (Å²) in [4.78, 5) is 39.3. The van der Waals surface area contributed by atoms with E-state index in [1.807, 2.05) is 5.38 Å². The Hall–Kier alpha value is -3.39. The predicted octanol–water partition coefficient (Wildman–Crippen LogP) is 1.77. The van der Waals surface area contributed by atoms with Gasteiger partial charge in [-0.15, -0.1) is 27.8 Å². The zero-order chi connectivity index (χ0) is 27.7. The molecule has 0 fully saturated rings. The first-order chi connectivity index (χ1) is 18.0. The number of rotatable bonds is 13. The van der Waals surface area contributed by atoms with E-state index < -0.39 is 0 Å². The average molecular weight is 561 g/mol. The summed E-state index contributed by atoms with van der Waals surface area (Å²) in [6.45, 7) is 7.74. The molecule has 0 atom stereocenters. The van der Waals surface area contributed by atoms with Crippen molar-refractivity contribution in [3.8, 4) is 10.7 Å². The van der Waals surface area contributed by atoms with E-state index in [2.05, 4.69) is 51.7 Å². The molecule has 6 N–H and O–H groups in total. The third-order valence-electron chi connectivity index (χ3n) is 5.38. The summed E-state index contributed by atoms with van der Waals surface area (Å²) in [6, 6.07) is 0. The number of unbranched alkanes of at least 4 members (excludes halogenated alkanes) is 1. The maximum atomic E-state index is 13.0. The topological polar surface area (TPSA) is 179 Å². The summed E-state index contributed by atoms with van der Waals surface area (Å²) in [5.41, 5.74) is 12.4. The second kappa shape index (κ2) is 13.4. The molecular weight excluding hydrogens is 524 g/mol. The summed E-state index contributed by atoms with van der Waals surface area (Å²) in [7, 11) is 1.80. The lowest BCUT2D eigenvalue weighted by Crippen LogP contribution is -2.28. The lowest BCUT2D eigenvalue weighted by molar-refractivity contribution is -0.121. The molecule has 3 heterocycles. The summed E-state index contributed by atoms with van der Waals surface area (Å²) >= 11 is 3.01. The van der Waals surface area contributed by atoms with Gasteiger partial charge in [-0.05, 0) is 18.3 Å². The van der Waals surface area contributed by atoms with Crippen molar-refractivity contribution in [2.24, 2.45) is 23.5 Å². The van der Waals surface area contributed by atoms with Crippen LogP contribution in [0.2, 0.25) is 0 Å². The van der Waals surface area contributed by atoms with Gasteiger partial charge >= 0.3 is 0 Å². The van der Waals surface area contributed by atoms with Gasteiger partial charge in [-0.25, -0.2) is 9.97 Å². The third kappa shape index (κ3) is 8.87. The van der Waals surface area contributed by atoms with Crippen LogP contribution in [-0.4, -0.2) is 62.4 Å². The molecule has 0 unspecified atom stereocenters. The number of aromatic nitrogens is 5. The second-order valence-corrected chi connectivity index (χ2v) is 11.8. The number of aryl methyl sites for hydroxylation is 2. The molecule has 0 bridgehead atoms. The zero-order valence-corrected chi connectivity index (χ0v) is 23.9. The highest BCUT2D eigenvalue weighted by molar-refractivity contribution is 7.16. The van der Waals surface area contributed by atoms with Gasteiger partial charge in [0.25, 0.3) is 5.91 Å². The molecular formula is C24H36N10O2S2. The molecule has 0 aliphatic heterocycles. The van der Waals surface area contributed by atoms with Crippen molar-refractivity contribution >= 4 is 40.4 Å². The summed E-state index contributed by atoms with van der Waals surface area (Å²) in [5.74, 6) is -0.156. The molecule has 3 aromatic heterocycles. The highest BCUT2D eigenvalue weighted by Crippen LogP contribution is 2.36. The lowest BCUT2D eigenvalue weighted by atomic mass is 9.93. The monoisotopic (exact) mass is 560 g/mol. The molecule has 0 aromatic carbocycles. The van der Waals surface area contributed by atoms with Crippen LogP contribution in [0, 0.1) is 0 Å². The van der Waals surface area contributed by atoms with E-state index in [9.17, 15) is 9.59 Å². The Bertz CT molecular complexity index is 1250. The number of hydrogen-bond donors (Lipinski definition) is 4. The van der Waals surface area contributed by atoms with Crippen molar-refractivity contribution in [3.05, 3.63) is 32.8 Å². The van der Waals surface area contributed by atoms with Crippen molar-refractivity contribution < 1.29 is 9.59 Å². The fourth-order valence-electron chi connectivity index (χ4n) is 3.50. The number of nitrogens with zero attached hydrogens (tertiary/aromatic N) is 6. The minimum Gasteiger partial charge on any atom is -0.370 e. The van der Waals surface area contributed by atoms with Crippen molar-refractivity contribution in [1.29, 1.82) is 0 Å². The van der Waals surface area contributed by atoms with Crippen LogP contribution in [0.5, 0.6) is 0 Å². The lowest BCUT2D eigenvalue weighted by Gasteiger charge is -2.17. The molecule has 14 heteroatoms. The molecule has 3 rings (SSSR count). The van der Waals surface area contributed by atoms with Gasteiger partial charge in [0.1, 0.15) is 16.4 Å². The molecule has 0 aliphatic carbocycles. The maximum Gasteiger partial charge on any atom is 0.271 e. The largest absolute Gasteiger partial charge is 0.370 e. The molecule has 0 aliphatic rings. The van der Waals surface area contributed by atoms with Gasteiger partial charge in [0.15, 0.2) is 5.96 Å². The van der Waals surface area contributed by atoms with Crippen LogP contribution < -0.4 is 22.1 Å². The number of thiazole rings is 2. The Kier molecular flexibility index (Phi) is 10.3. The first-order valence-electron chi connectivity index (χ1n) is 12.4. The Morgan fingerprint density at radius 1 is 1.11 bits per heavy atom. The first kappa shape index (κ1) is 29.2. The molecule has 206 valence electrons. The Balaban J connectivity index is 1.54. The molecule has 0 radical (unpaired) electrons. The molecule has 0 saturated heterocycles. The molecule has 0 spiro atoms. The first-order valence-corrected chi connectivity index (χ1v) is 14.1. The van der Waals surface area contributed by atoms with Gasteiger partial charge in [-0.3, -0.25) is 19.3 Å². The number of guanidine groups is 1. The van der Waals surface area contributed by atoms with E-state index >= 15 is 0 Å². The van der Waals surface area contributed by atoms with E-state index in [1.54, 1.807) is 17.9 Å². The number of amides is 2. The molecule has 3 aromatic rings. The molecule has 0 saturated carbocycles. The van der Waals surface area contributed by atoms with Crippen molar-refractivity contribution in [2.75, 3.05) is 19.6 Å². The molecule has 38 heavy (non-hydrogen) atoms. The number of nitrogens with one attached hydrogen (secondary N) is 2. The quantitative estimate of drug-likeness (QED) is 0.139. The van der Waals surface area contributed by atoms with Gasteiger partial charge < -0.3 is 22.1 Å². The van der Waals surface area contributed by atoms with Crippen molar-refractivity contribution in [2.45, 2.75) is 58.3 Å². The number of hydrogen-bond acceptors (Lipinski definition) is 9. The SMILES string of the molecule is Cn1cc(CCC(=O)NCCc2nc(-c3nc(C(=O)NCCCCN=C(N)N)c(C(C)(C)C)s3)cs2)nn1. The van der Waals surface area contributed by atoms with Gasteiger partial charge in [0.05, 0.1) is 10.7 Å². The molecule has 12 nitrogen and oxygen atoms in total. The summed E-state index contributed by atoms with van der Waals surface area (Å²) in [5, 5.41) is 17.3. The van der Waals surface area contributed by atoms with E-state index in [0.717, 1.165) is 34.1 Å². The maximum absolute atomic E-state index is 13.0. The van der Waals surface area contributed by atoms with Crippen LogP contribution in [-0.2, 0) is 30.1 Å².